The lowest BCUT2D eigenvalue weighted by Gasteiger charge is -2.11. The van der Waals surface area contributed by atoms with Gasteiger partial charge in [-0.2, -0.15) is 5.10 Å². The number of carboxylic acid groups (broad SMARTS) is 1. The van der Waals surface area contributed by atoms with Crippen molar-refractivity contribution in [3.05, 3.63) is 35.0 Å². The van der Waals surface area contributed by atoms with Gasteiger partial charge in [0.2, 0.25) is 0 Å². The van der Waals surface area contributed by atoms with Crippen molar-refractivity contribution in [2.75, 3.05) is 6.26 Å². The number of aryl methyl sites for hydroxylation is 2. The normalized spacial score (nSPS) is 10.7. The Kier molecular flexibility index (Phi) is 3.66. The Hall–Kier alpha value is -1.75. The van der Waals surface area contributed by atoms with Crippen LogP contribution >= 0.6 is 11.8 Å². The number of hydrogen-bond acceptors (Lipinski definition) is 3. The molecule has 0 amide bonds. The van der Waals surface area contributed by atoms with E-state index in [0.717, 1.165) is 21.7 Å². The lowest BCUT2D eigenvalue weighted by molar-refractivity contribution is 0.0689. The van der Waals surface area contributed by atoms with Crippen LogP contribution in [-0.2, 0) is 7.05 Å². The van der Waals surface area contributed by atoms with Gasteiger partial charge < -0.3 is 5.11 Å². The van der Waals surface area contributed by atoms with E-state index in [1.165, 1.54) is 5.56 Å². The second-order valence-corrected chi connectivity index (χ2v) is 5.34. The van der Waals surface area contributed by atoms with Crippen molar-refractivity contribution < 1.29 is 9.90 Å². The summed E-state index contributed by atoms with van der Waals surface area (Å²) in [5.74, 6) is -1.00. The molecule has 1 aromatic heterocycles. The molecule has 2 rings (SSSR count). The molecule has 0 aliphatic rings. The Labute approximate surface area is 116 Å². The van der Waals surface area contributed by atoms with Crippen LogP contribution < -0.4 is 0 Å². The van der Waals surface area contributed by atoms with E-state index >= 15 is 0 Å². The van der Waals surface area contributed by atoms with Gasteiger partial charge in [0.1, 0.15) is 0 Å². The highest BCUT2D eigenvalue weighted by molar-refractivity contribution is 7.98. The predicted molar refractivity (Wildman–Crippen MR) is 76.9 cm³/mol. The van der Waals surface area contributed by atoms with Gasteiger partial charge in [-0.05, 0) is 49.4 Å². The van der Waals surface area contributed by atoms with Crippen LogP contribution in [0.3, 0.4) is 0 Å². The summed E-state index contributed by atoms with van der Waals surface area (Å²) in [6.07, 6.45) is 2.03. The Bertz CT molecular complexity index is 647. The summed E-state index contributed by atoms with van der Waals surface area (Å²) < 4.78 is 1.62. The van der Waals surface area contributed by atoms with Crippen molar-refractivity contribution in [1.82, 2.24) is 9.78 Å². The summed E-state index contributed by atoms with van der Waals surface area (Å²) >= 11 is 1.67. The second kappa shape index (κ2) is 5.09. The minimum atomic E-state index is -1.00. The fraction of sp³-hybridized carbons (Fsp3) is 0.286. The summed E-state index contributed by atoms with van der Waals surface area (Å²) in [7, 11) is 1.77. The Morgan fingerprint density at radius 1 is 1.32 bits per heavy atom. The third-order valence-corrected chi connectivity index (χ3v) is 3.96. The zero-order valence-electron chi connectivity index (χ0n) is 11.4. The molecular weight excluding hydrogens is 260 g/mol. The largest absolute Gasteiger partial charge is 0.476 e. The van der Waals surface area contributed by atoms with Crippen molar-refractivity contribution in [3.63, 3.8) is 0 Å². The topological polar surface area (TPSA) is 55.1 Å². The van der Waals surface area contributed by atoms with Gasteiger partial charge in [0.15, 0.2) is 5.69 Å². The Balaban J connectivity index is 2.64. The molecule has 0 bridgehead atoms. The first kappa shape index (κ1) is 13.7. The van der Waals surface area contributed by atoms with Crippen LogP contribution in [0.4, 0.5) is 0 Å². The van der Waals surface area contributed by atoms with Crippen molar-refractivity contribution in [2.24, 2.45) is 7.05 Å². The molecule has 0 atom stereocenters. The third-order valence-electron chi connectivity index (χ3n) is 3.25. The average molecular weight is 276 g/mol. The molecule has 2 aromatic rings. The fourth-order valence-electron chi connectivity index (χ4n) is 2.03. The second-order valence-electron chi connectivity index (χ2n) is 4.46. The molecule has 0 fully saturated rings. The smallest absolute Gasteiger partial charge is 0.356 e. The highest BCUT2D eigenvalue weighted by Crippen LogP contribution is 2.30. The van der Waals surface area contributed by atoms with E-state index in [-0.39, 0.29) is 5.69 Å². The first-order chi connectivity index (χ1) is 8.93. The molecule has 0 radical (unpaired) electrons. The summed E-state index contributed by atoms with van der Waals surface area (Å²) in [5, 5.41) is 13.0. The van der Waals surface area contributed by atoms with Crippen molar-refractivity contribution in [2.45, 2.75) is 18.7 Å². The summed E-state index contributed by atoms with van der Waals surface area (Å²) in [4.78, 5) is 12.2. The maximum atomic E-state index is 11.0. The molecule has 19 heavy (non-hydrogen) atoms. The molecule has 0 aliphatic carbocycles. The fourth-order valence-corrected chi connectivity index (χ4v) is 2.56. The van der Waals surface area contributed by atoms with Crippen molar-refractivity contribution in [3.8, 4) is 11.3 Å². The molecular formula is C14H16N2O2S. The lowest BCUT2D eigenvalue weighted by atomic mass is 10.0. The molecule has 5 heteroatoms. The molecule has 1 heterocycles. The molecule has 1 N–H and O–H groups in total. The van der Waals surface area contributed by atoms with Crippen LogP contribution in [-0.4, -0.2) is 27.1 Å². The monoisotopic (exact) mass is 276 g/mol. The van der Waals surface area contributed by atoms with Crippen molar-refractivity contribution in [1.29, 1.82) is 0 Å². The molecule has 0 spiro atoms. The Morgan fingerprint density at radius 3 is 2.53 bits per heavy atom. The van der Waals surface area contributed by atoms with Crippen LogP contribution in [0, 0.1) is 13.8 Å². The van der Waals surface area contributed by atoms with E-state index in [4.69, 9.17) is 5.11 Å². The zero-order chi connectivity index (χ0) is 14.2. The van der Waals surface area contributed by atoms with Gasteiger partial charge in [-0.3, -0.25) is 4.68 Å². The first-order valence-electron chi connectivity index (χ1n) is 5.87. The molecule has 100 valence electrons. The van der Waals surface area contributed by atoms with Crippen LogP contribution in [0.2, 0.25) is 0 Å². The minimum absolute atomic E-state index is 0.0732. The minimum Gasteiger partial charge on any atom is -0.476 e. The number of benzene rings is 1. The van der Waals surface area contributed by atoms with Crippen LogP contribution in [0.1, 0.15) is 21.6 Å². The maximum absolute atomic E-state index is 11.0. The predicted octanol–water partition coefficient (Wildman–Crippen LogP) is 3.12. The van der Waals surface area contributed by atoms with Gasteiger partial charge >= 0.3 is 5.97 Å². The summed E-state index contributed by atoms with van der Waals surface area (Å²) in [6, 6.07) is 5.84. The van der Waals surface area contributed by atoms with Gasteiger partial charge in [0.05, 0.1) is 5.69 Å². The number of aromatic carboxylic acids is 1. The van der Waals surface area contributed by atoms with Gasteiger partial charge in [-0.25, -0.2) is 4.79 Å². The highest BCUT2D eigenvalue weighted by atomic mass is 32.2. The van der Waals surface area contributed by atoms with Crippen LogP contribution in [0.25, 0.3) is 11.3 Å². The number of hydrogen-bond donors (Lipinski definition) is 1. The van der Waals surface area contributed by atoms with E-state index in [1.807, 2.05) is 13.2 Å². The van der Waals surface area contributed by atoms with E-state index in [2.05, 4.69) is 24.2 Å². The third kappa shape index (κ3) is 2.51. The standard InChI is InChI=1S/C14H16N2O2S/c1-8-5-10(19-4)6-11(9(8)2)13-7-12(14(17)18)15-16(13)3/h5-7H,1-4H3,(H,17,18). The van der Waals surface area contributed by atoms with E-state index in [0.29, 0.717) is 0 Å². The highest BCUT2D eigenvalue weighted by Gasteiger charge is 2.15. The average Bonchev–Trinajstić information content (AvgIpc) is 2.75. The molecule has 0 aliphatic heterocycles. The Morgan fingerprint density at radius 2 is 2.00 bits per heavy atom. The summed E-state index contributed by atoms with van der Waals surface area (Å²) in [5.41, 5.74) is 4.28. The molecule has 0 unspecified atom stereocenters. The quantitative estimate of drug-likeness (QED) is 0.875. The van der Waals surface area contributed by atoms with E-state index in [1.54, 1.807) is 29.6 Å². The SMILES string of the molecule is CSc1cc(C)c(C)c(-c2cc(C(=O)O)nn2C)c1. The van der Waals surface area contributed by atoms with Gasteiger partial charge in [0, 0.05) is 17.5 Å². The number of thioether (sulfide) groups is 1. The number of carboxylic acids is 1. The lowest BCUT2D eigenvalue weighted by Crippen LogP contribution is -1.99. The zero-order valence-corrected chi connectivity index (χ0v) is 12.2. The molecule has 1 aromatic carbocycles. The van der Waals surface area contributed by atoms with Crippen LogP contribution in [0.15, 0.2) is 23.1 Å². The number of carbonyl (C=O) groups is 1. The van der Waals surface area contributed by atoms with Crippen molar-refractivity contribution >= 4 is 17.7 Å². The molecule has 0 saturated carbocycles. The first-order valence-corrected chi connectivity index (χ1v) is 7.09. The van der Waals surface area contributed by atoms with E-state index < -0.39 is 5.97 Å². The van der Waals surface area contributed by atoms with Gasteiger partial charge in [0.25, 0.3) is 0 Å². The van der Waals surface area contributed by atoms with Gasteiger partial charge in [-0.1, -0.05) is 0 Å². The number of rotatable bonds is 3. The summed E-state index contributed by atoms with van der Waals surface area (Å²) in [6.45, 7) is 4.11. The molecule has 0 saturated heterocycles. The maximum Gasteiger partial charge on any atom is 0.356 e. The van der Waals surface area contributed by atoms with Crippen LogP contribution in [0.5, 0.6) is 0 Å². The van der Waals surface area contributed by atoms with Gasteiger partial charge in [-0.15, -0.1) is 11.8 Å². The van der Waals surface area contributed by atoms with E-state index in [9.17, 15) is 4.79 Å². The molecule has 4 nitrogen and oxygen atoms in total. The number of aromatic nitrogens is 2. The number of nitrogens with zero attached hydrogens (tertiary/aromatic N) is 2.